The standard InChI is InChI=1S/C26H21BrN2O5S/c1-33-21-13-18(12-20(27)24(21)34-16-23(30)31)14-22-25(32)29(15-17-8-4-2-5-9-17)26(35-22)28-19-10-6-3-7-11-19/h2-14H,15-16H2,1H3,(H,30,31). The smallest absolute Gasteiger partial charge is 0.341 e. The first-order chi connectivity index (χ1) is 16.9. The molecule has 4 rings (SSSR count). The first-order valence-corrected chi connectivity index (χ1v) is 12.2. The third-order valence-corrected chi connectivity index (χ3v) is 6.54. The molecule has 0 bridgehead atoms. The molecule has 1 N–H and O–H groups in total. The van der Waals surface area contributed by atoms with E-state index in [0.717, 1.165) is 11.3 Å². The van der Waals surface area contributed by atoms with E-state index in [1.165, 1.54) is 18.9 Å². The number of methoxy groups -OCH3 is 1. The molecule has 1 aliphatic rings. The van der Waals surface area contributed by atoms with Gasteiger partial charge in [0.15, 0.2) is 23.3 Å². The molecule has 1 amide bonds. The molecule has 0 atom stereocenters. The van der Waals surface area contributed by atoms with E-state index in [1.807, 2.05) is 60.7 Å². The number of carboxylic acids is 1. The maximum absolute atomic E-state index is 13.4. The van der Waals surface area contributed by atoms with Crippen molar-refractivity contribution >= 4 is 56.5 Å². The van der Waals surface area contributed by atoms with Crippen molar-refractivity contribution in [3.63, 3.8) is 0 Å². The van der Waals surface area contributed by atoms with E-state index in [9.17, 15) is 9.59 Å². The molecule has 178 valence electrons. The summed E-state index contributed by atoms with van der Waals surface area (Å²) in [5.41, 5.74) is 2.44. The Morgan fingerprint density at radius 2 is 1.80 bits per heavy atom. The lowest BCUT2D eigenvalue weighted by molar-refractivity contribution is -0.139. The van der Waals surface area contributed by atoms with Crippen LogP contribution in [0.5, 0.6) is 11.5 Å². The summed E-state index contributed by atoms with van der Waals surface area (Å²) in [6.45, 7) is -0.109. The van der Waals surface area contributed by atoms with E-state index in [-0.39, 0.29) is 11.7 Å². The molecule has 1 fully saturated rings. The fourth-order valence-corrected chi connectivity index (χ4v) is 4.93. The Morgan fingerprint density at radius 1 is 1.11 bits per heavy atom. The predicted molar refractivity (Wildman–Crippen MR) is 140 cm³/mol. The average Bonchev–Trinajstić information content (AvgIpc) is 3.13. The Balaban J connectivity index is 1.68. The highest BCUT2D eigenvalue weighted by atomic mass is 79.9. The van der Waals surface area contributed by atoms with Crippen LogP contribution < -0.4 is 9.47 Å². The van der Waals surface area contributed by atoms with Gasteiger partial charge in [0.1, 0.15) is 0 Å². The zero-order valence-electron chi connectivity index (χ0n) is 18.7. The van der Waals surface area contributed by atoms with E-state index in [0.29, 0.717) is 32.4 Å². The summed E-state index contributed by atoms with van der Waals surface area (Å²) in [6, 6.07) is 22.7. The molecule has 3 aromatic carbocycles. The lowest BCUT2D eigenvalue weighted by atomic mass is 10.1. The van der Waals surface area contributed by atoms with Crippen LogP contribution >= 0.6 is 27.7 Å². The molecular formula is C26H21BrN2O5S. The molecule has 3 aromatic rings. The first kappa shape index (κ1) is 24.6. The maximum Gasteiger partial charge on any atom is 0.341 e. The van der Waals surface area contributed by atoms with Crippen molar-refractivity contribution in [2.75, 3.05) is 13.7 Å². The van der Waals surface area contributed by atoms with E-state index in [2.05, 4.69) is 15.9 Å². The zero-order chi connectivity index (χ0) is 24.8. The number of carboxylic acid groups (broad SMARTS) is 1. The maximum atomic E-state index is 13.4. The number of carbonyl (C=O) groups is 2. The normalized spacial score (nSPS) is 15.6. The highest BCUT2D eigenvalue weighted by Crippen LogP contribution is 2.40. The molecule has 0 saturated carbocycles. The van der Waals surface area contributed by atoms with Crippen molar-refractivity contribution in [1.82, 2.24) is 4.90 Å². The molecule has 1 saturated heterocycles. The Hall–Kier alpha value is -3.56. The number of amides is 1. The number of halogens is 1. The van der Waals surface area contributed by atoms with Gasteiger partial charge in [-0.3, -0.25) is 9.69 Å². The van der Waals surface area contributed by atoms with Gasteiger partial charge in [0.2, 0.25) is 0 Å². The lowest BCUT2D eigenvalue weighted by Gasteiger charge is -2.15. The van der Waals surface area contributed by atoms with Gasteiger partial charge in [-0.15, -0.1) is 0 Å². The molecule has 1 aliphatic heterocycles. The number of nitrogens with zero attached hydrogens (tertiary/aromatic N) is 2. The van der Waals surface area contributed by atoms with Gasteiger partial charge < -0.3 is 14.6 Å². The number of amidine groups is 1. The zero-order valence-corrected chi connectivity index (χ0v) is 21.1. The summed E-state index contributed by atoms with van der Waals surface area (Å²) in [5, 5.41) is 9.50. The predicted octanol–water partition coefficient (Wildman–Crippen LogP) is 5.73. The Labute approximate surface area is 215 Å². The Bertz CT molecular complexity index is 1300. The largest absolute Gasteiger partial charge is 0.493 e. The highest BCUT2D eigenvalue weighted by molar-refractivity contribution is 9.10. The molecule has 0 radical (unpaired) electrons. The molecule has 1 heterocycles. The van der Waals surface area contributed by atoms with Gasteiger partial charge in [0.25, 0.3) is 5.91 Å². The number of aliphatic imine (C=N–C) groups is 1. The second-order valence-electron chi connectivity index (χ2n) is 7.43. The van der Waals surface area contributed by atoms with Crippen molar-refractivity contribution in [2.24, 2.45) is 4.99 Å². The third-order valence-electron chi connectivity index (χ3n) is 4.94. The second-order valence-corrected chi connectivity index (χ2v) is 9.30. The Kier molecular flexibility index (Phi) is 7.89. The molecule has 0 unspecified atom stereocenters. The van der Waals surface area contributed by atoms with E-state index in [4.69, 9.17) is 19.6 Å². The summed E-state index contributed by atoms with van der Waals surface area (Å²) >= 11 is 4.71. The van der Waals surface area contributed by atoms with Crippen molar-refractivity contribution in [3.05, 3.63) is 93.3 Å². The van der Waals surface area contributed by atoms with Crippen LogP contribution in [0.2, 0.25) is 0 Å². The van der Waals surface area contributed by atoms with Gasteiger partial charge in [-0.25, -0.2) is 9.79 Å². The second kappa shape index (κ2) is 11.2. The number of hydrogen-bond acceptors (Lipinski definition) is 6. The summed E-state index contributed by atoms with van der Waals surface area (Å²) in [4.78, 5) is 31.2. The van der Waals surface area contributed by atoms with Crippen molar-refractivity contribution in [2.45, 2.75) is 6.54 Å². The average molecular weight is 553 g/mol. The number of aliphatic carboxylic acids is 1. The van der Waals surface area contributed by atoms with Crippen LogP contribution in [0.15, 0.2) is 87.2 Å². The van der Waals surface area contributed by atoms with Crippen LogP contribution in [0.25, 0.3) is 6.08 Å². The number of ether oxygens (including phenoxy) is 2. The van der Waals surface area contributed by atoms with Crippen LogP contribution in [0, 0.1) is 0 Å². The number of benzene rings is 3. The first-order valence-electron chi connectivity index (χ1n) is 10.6. The fraction of sp³-hybridized carbons (Fsp3) is 0.115. The summed E-state index contributed by atoms with van der Waals surface area (Å²) in [6.07, 6.45) is 1.76. The molecule has 7 nitrogen and oxygen atoms in total. The minimum Gasteiger partial charge on any atom is -0.493 e. The summed E-state index contributed by atoms with van der Waals surface area (Å²) < 4.78 is 11.2. The van der Waals surface area contributed by atoms with Gasteiger partial charge in [-0.1, -0.05) is 48.5 Å². The molecule has 35 heavy (non-hydrogen) atoms. The summed E-state index contributed by atoms with van der Waals surface area (Å²) in [7, 11) is 1.47. The van der Waals surface area contributed by atoms with E-state index < -0.39 is 12.6 Å². The van der Waals surface area contributed by atoms with Crippen LogP contribution in [0.1, 0.15) is 11.1 Å². The van der Waals surface area contributed by atoms with Crippen LogP contribution in [-0.4, -0.2) is 40.8 Å². The quantitative estimate of drug-likeness (QED) is 0.359. The monoisotopic (exact) mass is 552 g/mol. The fourth-order valence-electron chi connectivity index (χ4n) is 3.36. The highest BCUT2D eigenvalue weighted by Gasteiger charge is 2.33. The molecular weight excluding hydrogens is 532 g/mol. The van der Waals surface area contributed by atoms with E-state index in [1.54, 1.807) is 23.1 Å². The van der Waals surface area contributed by atoms with Gasteiger partial charge in [0, 0.05) is 0 Å². The number of para-hydroxylation sites is 1. The van der Waals surface area contributed by atoms with Crippen molar-refractivity contribution < 1.29 is 24.2 Å². The number of rotatable bonds is 8. The van der Waals surface area contributed by atoms with E-state index >= 15 is 0 Å². The molecule has 9 heteroatoms. The molecule has 0 aromatic heterocycles. The van der Waals surface area contributed by atoms with Gasteiger partial charge >= 0.3 is 5.97 Å². The molecule has 0 spiro atoms. The minimum absolute atomic E-state index is 0.158. The van der Waals surface area contributed by atoms with Crippen LogP contribution in [0.4, 0.5) is 5.69 Å². The van der Waals surface area contributed by atoms with Gasteiger partial charge in [-0.05, 0) is 69.2 Å². The van der Waals surface area contributed by atoms with Crippen molar-refractivity contribution in [1.29, 1.82) is 0 Å². The summed E-state index contributed by atoms with van der Waals surface area (Å²) in [5.74, 6) is -0.626. The SMILES string of the molecule is COc1cc(C=C2SC(=Nc3ccccc3)N(Cc3ccccc3)C2=O)cc(Br)c1OCC(=O)O. The van der Waals surface area contributed by atoms with Crippen molar-refractivity contribution in [3.8, 4) is 11.5 Å². The van der Waals surface area contributed by atoms with Gasteiger partial charge in [-0.2, -0.15) is 0 Å². The van der Waals surface area contributed by atoms with Gasteiger partial charge in [0.05, 0.1) is 28.7 Å². The van der Waals surface area contributed by atoms with Crippen LogP contribution in [0.3, 0.4) is 0 Å². The third kappa shape index (κ3) is 6.12. The topological polar surface area (TPSA) is 88.4 Å². The number of hydrogen-bond donors (Lipinski definition) is 1. The molecule has 0 aliphatic carbocycles. The lowest BCUT2D eigenvalue weighted by Crippen LogP contribution is -2.28. The Morgan fingerprint density at radius 3 is 2.46 bits per heavy atom. The number of thioether (sulfide) groups is 1. The number of carbonyl (C=O) groups excluding carboxylic acids is 1. The minimum atomic E-state index is -1.10. The van der Waals surface area contributed by atoms with Crippen LogP contribution in [-0.2, 0) is 16.1 Å².